The van der Waals surface area contributed by atoms with E-state index in [1.165, 1.54) is 6.42 Å². The van der Waals surface area contributed by atoms with Gasteiger partial charge in [0.25, 0.3) is 0 Å². The van der Waals surface area contributed by atoms with Crippen molar-refractivity contribution in [2.45, 2.75) is 39.0 Å². The number of hydrogen-bond donors (Lipinski definition) is 0. The monoisotopic (exact) mass is 186 g/mol. The smallest absolute Gasteiger partial charge is 0.434 e. The lowest BCUT2D eigenvalue weighted by atomic mass is 9.99. The zero-order valence-electron chi connectivity index (χ0n) is 8.25. The maximum absolute atomic E-state index is 10.9. The van der Waals surface area contributed by atoms with Crippen LogP contribution in [0.5, 0.6) is 0 Å². The van der Waals surface area contributed by atoms with Crippen LogP contribution in [-0.2, 0) is 9.47 Å². The van der Waals surface area contributed by atoms with Crippen LogP contribution < -0.4 is 0 Å². The quantitative estimate of drug-likeness (QED) is 0.546. The molecule has 0 N–H and O–H groups in total. The molecule has 1 fully saturated rings. The molecule has 0 aromatic rings. The Kier molecular flexibility index (Phi) is 4.65. The summed E-state index contributed by atoms with van der Waals surface area (Å²) in [6, 6.07) is 0. The number of ether oxygens (including phenoxy) is 2. The molecule has 1 aliphatic heterocycles. The van der Waals surface area contributed by atoms with Gasteiger partial charge in [0.1, 0.15) is 0 Å². The second-order valence-electron chi connectivity index (χ2n) is 3.69. The van der Waals surface area contributed by atoms with Gasteiger partial charge in [-0.3, -0.25) is 0 Å². The van der Waals surface area contributed by atoms with Crippen molar-refractivity contribution in [1.29, 1.82) is 0 Å². The highest BCUT2D eigenvalue weighted by molar-refractivity contribution is 5.59. The molecule has 1 rings (SSSR count). The van der Waals surface area contributed by atoms with Gasteiger partial charge in [0.2, 0.25) is 0 Å². The van der Waals surface area contributed by atoms with Gasteiger partial charge in [0.15, 0.2) is 0 Å². The predicted molar refractivity (Wildman–Crippen MR) is 49.5 cm³/mol. The van der Waals surface area contributed by atoms with Crippen LogP contribution in [0.3, 0.4) is 0 Å². The van der Waals surface area contributed by atoms with Crippen LogP contribution >= 0.6 is 0 Å². The summed E-state index contributed by atoms with van der Waals surface area (Å²) in [5.74, 6) is 0.747. The third-order valence-electron chi connectivity index (χ3n) is 2.37. The maximum atomic E-state index is 10.9. The van der Waals surface area contributed by atoms with Crippen molar-refractivity contribution in [3.05, 3.63) is 0 Å². The van der Waals surface area contributed by atoms with Gasteiger partial charge in [-0.15, -0.1) is 0 Å². The van der Waals surface area contributed by atoms with Crippen LogP contribution in [0.4, 0.5) is 4.79 Å². The summed E-state index contributed by atoms with van der Waals surface area (Å²) in [5.41, 5.74) is 0. The highest BCUT2D eigenvalue weighted by Crippen LogP contribution is 2.14. The van der Waals surface area contributed by atoms with Crippen LogP contribution in [0.1, 0.15) is 39.0 Å². The molecule has 3 nitrogen and oxygen atoms in total. The first-order chi connectivity index (χ1) is 6.29. The van der Waals surface area contributed by atoms with Gasteiger partial charge in [0.05, 0.1) is 13.2 Å². The fourth-order valence-electron chi connectivity index (χ4n) is 1.52. The first-order valence-corrected chi connectivity index (χ1v) is 5.08. The highest BCUT2D eigenvalue weighted by Gasteiger charge is 2.08. The van der Waals surface area contributed by atoms with Crippen molar-refractivity contribution in [1.82, 2.24) is 0 Å². The van der Waals surface area contributed by atoms with Gasteiger partial charge in [0, 0.05) is 0 Å². The van der Waals surface area contributed by atoms with Crippen molar-refractivity contribution in [3.63, 3.8) is 0 Å². The number of cyclic esters (lactones) is 2. The normalized spacial score (nSPS) is 26.8. The molecular formula is C10H18O3. The van der Waals surface area contributed by atoms with Crippen molar-refractivity contribution >= 4 is 6.16 Å². The molecule has 1 atom stereocenters. The molecule has 0 radical (unpaired) electrons. The number of hydrogen-bond acceptors (Lipinski definition) is 3. The molecule has 13 heavy (non-hydrogen) atoms. The Morgan fingerprint density at radius 2 is 1.69 bits per heavy atom. The fraction of sp³-hybridized carbons (Fsp3) is 0.900. The molecule has 0 spiro atoms. The third-order valence-corrected chi connectivity index (χ3v) is 2.37. The summed E-state index contributed by atoms with van der Waals surface area (Å²) in [4.78, 5) is 10.9. The number of rotatable bonds is 0. The first kappa shape index (κ1) is 10.4. The zero-order chi connectivity index (χ0) is 9.52. The van der Waals surface area contributed by atoms with E-state index in [-0.39, 0.29) is 0 Å². The van der Waals surface area contributed by atoms with E-state index in [4.69, 9.17) is 9.47 Å². The lowest BCUT2D eigenvalue weighted by molar-refractivity contribution is 0.0540. The van der Waals surface area contributed by atoms with E-state index < -0.39 is 6.16 Å². The molecule has 1 aliphatic rings. The average Bonchev–Trinajstić information content (AvgIpc) is 2.14. The zero-order valence-corrected chi connectivity index (χ0v) is 8.25. The van der Waals surface area contributed by atoms with E-state index >= 15 is 0 Å². The summed E-state index contributed by atoms with van der Waals surface area (Å²) < 4.78 is 9.71. The van der Waals surface area contributed by atoms with Crippen LogP contribution in [-0.4, -0.2) is 19.4 Å². The maximum Gasteiger partial charge on any atom is 0.508 e. The Morgan fingerprint density at radius 1 is 1.08 bits per heavy atom. The molecule has 76 valence electrons. The van der Waals surface area contributed by atoms with Gasteiger partial charge < -0.3 is 9.47 Å². The van der Waals surface area contributed by atoms with E-state index in [1.807, 2.05) is 0 Å². The van der Waals surface area contributed by atoms with Crippen molar-refractivity contribution < 1.29 is 14.3 Å². The highest BCUT2D eigenvalue weighted by atomic mass is 16.7. The lowest BCUT2D eigenvalue weighted by Crippen LogP contribution is -2.08. The largest absolute Gasteiger partial charge is 0.508 e. The molecule has 0 saturated carbocycles. The Morgan fingerprint density at radius 3 is 2.46 bits per heavy atom. The predicted octanol–water partition coefficient (Wildman–Crippen LogP) is 2.74. The van der Waals surface area contributed by atoms with Crippen molar-refractivity contribution in [3.8, 4) is 0 Å². The van der Waals surface area contributed by atoms with E-state index in [1.54, 1.807) is 0 Å². The molecule has 0 bridgehead atoms. The standard InChI is InChI=1S/C10H18O3/c1-9-5-2-3-7-12-10(11)13-8-4-6-9/h9H,2-8H2,1H3. The van der Waals surface area contributed by atoms with Gasteiger partial charge >= 0.3 is 6.16 Å². The minimum atomic E-state index is -0.505. The second kappa shape index (κ2) is 5.84. The topological polar surface area (TPSA) is 35.5 Å². The first-order valence-electron chi connectivity index (χ1n) is 5.08. The van der Waals surface area contributed by atoms with Crippen LogP contribution in [0.25, 0.3) is 0 Å². The Labute approximate surface area is 79.4 Å². The molecule has 1 unspecified atom stereocenters. The summed E-state index contributed by atoms with van der Waals surface area (Å²) in [5, 5.41) is 0. The Bertz CT molecular complexity index is 156. The third kappa shape index (κ3) is 4.76. The summed E-state index contributed by atoms with van der Waals surface area (Å²) in [6.07, 6.45) is 4.93. The van der Waals surface area contributed by atoms with Gasteiger partial charge in [-0.05, 0) is 31.6 Å². The van der Waals surface area contributed by atoms with E-state index in [0.717, 1.165) is 31.6 Å². The van der Waals surface area contributed by atoms with Crippen LogP contribution in [0.2, 0.25) is 0 Å². The molecule has 0 aromatic heterocycles. The fourth-order valence-corrected chi connectivity index (χ4v) is 1.52. The van der Waals surface area contributed by atoms with E-state index in [2.05, 4.69) is 6.92 Å². The summed E-state index contributed by atoms with van der Waals surface area (Å²) in [6.45, 7) is 3.26. The minimum Gasteiger partial charge on any atom is -0.434 e. The Hall–Kier alpha value is -0.730. The van der Waals surface area contributed by atoms with E-state index in [9.17, 15) is 4.79 Å². The minimum absolute atomic E-state index is 0.503. The van der Waals surface area contributed by atoms with Crippen LogP contribution in [0.15, 0.2) is 0 Å². The molecular weight excluding hydrogens is 168 g/mol. The molecule has 1 heterocycles. The van der Waals surface area contributed by atoms with Crippen molar-refractivity contribution in [2.75, 3.05) is 13.2 Å². The molecule has 0 aliphatic carbocycles. The molecule has 0 aromatic carbocycles. The lowest BCUT2D eigenvalue weighted by Gasteiger charge is -2.08. The summed E-state index contributed by atoms with van der Waals surface area (Å²) in [7, 11) is 0. The summed E-state index contributed by atoms with van der Waals surface area (Å²) >= 11 is 0. The second-order valence-corrected chi connectivity index (χ2v) is 3.69. The molecule has 1 saturated heterocycles. The molecule has 3 heteroatoms. The van der Waals surface area contributed by atoms with Crippen molar-refractivity contribution in [2.24, 2.45) is 5.92 Å². The molecule has 0 amide bonds. The van der Waals surface area contributed by atoms with Crippen LogP contribution in [0, 0.1) is 5.92 Å². The number of carbonyl (C=O) groups excluding carboxylic acids is 1. The van der Waals surface area contributed by atoms with E-state index in [0.29, 0.717) is 13.2 Å². The van der Waals surface area contributed by atoms with Gasteiger partial charge in [-0.2, -0.15) is 0 Å². The van der Waals surface area contributed by atoms with Gasteiger partial charge in [-0.1, -0.05) is 13.3 Å². The average molecular weight is 186 g/mol. The Balaban J connectivity index is 2.26. The SMILES string of the molecule is CC1CCCCOC(=O)OCCC1. The number of carbonyl (C=O) groups is 1. The van der Waals surface area contributed by atoms with Gasteiger partial charge in [-0.25, -0.2) is 4.79 Å².